The number of hydrogen-bond donors (Lipinski definition) is 0. The molecule has 1 unspecified atom stereocenters. The molecule has 23 heavy (non-hydrogen) atoms. The van der Waals surface area contributed by atoms with Gasteiger partial charge in [-0.2, -0.15) is 0 Å². The molecule has 120 valence electrons. The summed E-state index contributed by atoms with van der Waals surface area (Å²) in [6.07, 6.45) is 0. The summed E-state index contributed by atoms with van der Waals surface area (Å²) in [6.45, 7) is 9.88. The van der Waals surface area contributed by atoms with Crippen LogP contribution in [0.25, 0.3) is 20.2 Å². The van der Waals surface area contributed by atoms with Crippen molar-refractivity contribution >= 4 is 48.6 Å². The Morgan fingerprint density at radius 1 is 1.04 bits per heavy atom. The van der Waals surface area contributed by atoms with Gasteiger partial charge in [-0.25, -0.2) is 0 Å². The number of rotatable bonds is 2. The van der Waals surface area contributed by atoms with Crippen LogP contribution in [0.2, 0.25) is 0 Å². The standard InChI is InChI=1S/C19H21NOS2/c1-12-6-8-17-15(10-12)16-11-14(7-9-18(16)22-17)13(2)20-23(21)19(3,4)5/h6-11H,1-5H3. The molecule has 3 rings (SSSR count). The first-order valence-corrected chi connectivity index (χ1v) is 9.58. The van der Waals surface area contributed by atoms with E-state index in [0.717, 1.165) is 11.3 Å². The third-order valence-corrected chi connectivity index (χ3v) is 6.43. The molecule has 0 aliphatic carbocycles. The molecule has 0 radical (unpaired) electrons. The molecule has 0 aliphatic rings. The molecule has 0 bridgehead atoms. The van der Waals surface area contributed by atoms with E-state index in [1.54, 1.807) is 0 Å². The minimum atomic E-state index is -1.23. The molecular weight excluding hydrogens is 322 g/mol. The third-order valence-electron chi connectivity index (χ3n) is 3.79. The zero-order valence-electron chi connectivity index (χ0n) is 14.1. The van der Waals surface area contributed by atoms with Crippen molar-refractivity contribution in [1.82, 2.24) is 0 Å². The predicted molar refractivity (Wildman–Crippen MR) is 104 cm³/mol. The van der Waals surface area contributed by atoms with Crippen molar-refractivity contribution in [2.24, 2.45) is 4.40 Å². The van der Waals surface area contributed by atoms with Gasteiger partial charge in [0.05, 0.1) is 5.71 Å². The second-order valence-electron chi connectivity index (χ2n) is 6.85. The van der Waals surface area contributed by atoms with Crippen LogP contribution in [0.4, 0.5) is 0 Å². The van der Waals surface area contributed by atoms with Crippen molar-refractivity contribution < 1.29 is 4.55 Å². The summed E-state index contributed by atoms with van der Waals surface area (Å²) >= 11 is 0.577. The van der Waals surface area contributed by atoms with E-state index in [1.165, 1.54) is 25.7 Å². The van der Waals surface area contributed by atoms with Gasteiger partial charge in [-0.3, -0.25) is 0 Å². The average molecular weight is 344 g/mol. The lowest BCUT2D eigenvalue weighted by atomic mass is 10.1. The highest BCUT2D eigenvalue weighted by atomic mass is 32.2. The zero-order chi connectivity index (χ0) is 16.8. The van der Waals surface area contributed by atoms with Crippen molar-refractivity contribution in [2.75, 3.05) is 0 Å². The maximum atomic E-state index is 12.2. The van der Waals surface area contributed by atoms with Crippen molar-refractivity contribution in [3.8, 4) is 0 Å². The van der Waals surface area contributed by atoms with Gasteiger partial charge in [-0.1, -0.05) is 22.1 Å². The smallest absolute Gasteiger partial charge is 0.144 e. The Morgan fingerprint density at radius 2 is 1.65 bits per heavy atom. The molecule has 2 aromatic carbocycles. The van der Waals surface area contributed by atoms with Gasteiger partial charge >= 0.3 is 0 Å². The summed E-state index contributed by atoms with van der Waals surface area (Å²) in [5, 5.41) is 2.54. The molecule has 2 nitrogen and oxygen atoms in total. The van der Waals surface area contributed by atoms with Crippen molar-refractivity contribution in [2.45, 2.75) is 39.4 Å². The van der Waals surface area contributed by atoms with E-state index in [1.807, 2.05) is 39.0 Å². The Labute approximate surface area is 144 Å². The minimum Gasteiger partial charge on any atom is -0.591 e. The van der Waals surface area contributed by atoms with Crippen molar-refractivity contribution in [3.05, 3.63) is 47.5 Å². The number of fused-ring (bicyclic) bond motifs is 3. The fraction of sp³-hybridized carbons (Fsp3) is 0.316. The van der Waals surface area contributed by atoms with E-state index < -0.39 is 11.4 Å². The van der Waals surface area contributed by atoms with Gasteiger partial charge in [0, 0.05) is 25.7 Å². The number of benzene rings is 2. The lowest BCUT2D eigenvalue weighted by Crippen LogP contribution is -2.26. The molecule has 4 heteroatoms. The van der Waals surface area contributed by atoms with Gasteiger partial charge in [-0.15, -0.1) is 11.3 Å². The lowest BCUT2D eigenvalue weighted by Gasteiger charge is -2.18. The van der Waals surface area contributed by atoms with Crippen LogP contribution in [-0.2, 0) is 11.4 Å². The van der Waals surface area contributed by atoms with E-state index in [2.05, 4.69) is 47.7 Å². The molecule has 1 heterocycles. The Balaban J connectivity index is 2.10. The highest BCUT2D eigenvalue weighted by Gasteiger charge is 2.26. The summed E-state index contributed by atoms with van der Waals surface area (Å²) in [6, 6.07) is 13.0. The van der Waals surface area contributed by atoms with Crippen LogP contribution in [0.1, 0.15) is 38.8 Å². The molecule has 0 spiro atoms. The average Bonchev–Trinajstić information content (AvgIpc) is 2.83. The van der Waals surface area contributed by atoms with Gasteiger partial charge in [-0.05, 0) is 58.9 Å². The van der Waals surface area contributed by atoms with Crippen LogP contribution in [0.3, 0.4) is 0 Å². The van der Waals surface area contributed by atoms with Crippen LogP contribution in [-0.4, -0.2) is 15.0 Å². The van der Waals surface area contributed by atoms with E-state index in [4.69, 9.17) is 0 Å². The largest absolute Gasteiger partial charge is 0.591 e. The SMILES string of the molecule is CC(=N[S+]([O-])C(C)(C)C)c1ccc2sc3ccc(C)cc3c2c1. The fourth-order valence-electron chi connectivity index (χ4n) is 2.43. The van der Waals surface area contributed by atoms with Crippen LogP contribution in [0.5, 0.6) is 0 Å². The maximum absolute atomic E-state index is 12.2. The van der Waals surface area contributed by atoms with Gasteiger partial charge in [0.2, 0.25) is 0 Å². The highest BCUT2D eigenvalue weighted by Crippen LogP contribution is 2.35. The predicted octanol–water partition coefficient (Wildman–Crippen LogP) is 5.63. The van der Waals surface area contributed by atoms with E-state index in [0.29, 0.717) is 0 Å². The summed E-state index contributed by atoms with van der Waals surface area (Å²) in [7, 11) is 0. The van der Waals surface area contributed by atoms with Crippen molar-refractivity contribution in [1.29, 1.82) is 0 Å². The Morgan fingerprint density at radius 3 is 2.30 bits per heavy atom. The topological polar surface area (TPSA) is 35.4 Å². The van der Waals surface area contributed by atoms with Crippen LogP contribution in [0, 0.1) is 6.92 Å². The second kappa shape index (κ2) is 5.93. The number of hydrogen-bond acceptors (Lipinski definition) is 3. The first-order valence-electron chi connectivity index (χ1n) is 7.66. The zero-order valence-corrected chi connectivity index (χ0v) is 15.8. The molecule has 0 amide bonds. The third kappa shape index (κ3) is 3.30. The number of thiophene rings is 1. The number of aryl methyl sites for hydroxylation is 1. The second-order valence-corrected chi connectivity index (χ2v) is 9.84. The van der Waals surface area contributed by atoms with E-state index >= 15 is 0 Å². The molecular formula is C19H21NOS2. The van der Waals surface area contributed by atoms with Gasteiger partial charge < -0.3 is 4.55 Å². The van der Waals surface area contributed by atoms with Gasteiger partial charge in [0.1, 0.15) is 16.1 Å². The maximum Gasteiger partial charge on any atom is 0.144 e. The normalized spacial score (nSPS) is 14.6. The monoisotopic (exact) mass is 343 g/mol. The summed E-state index contributed by atoms with van der Waals surface area (Å²) in [5.74, 6) is 0. The molecule has 0 saturated carbocycles. The van der Waals surface area contributed by atoms with Gasteiger partial charge in [0.25, 0.3) is 0 Å². The van der Waals surface area contributed by atoms with Gasteiger partial charge in [0.15, 0.2) is 0 Å². The lowest BCUT2D eigenvalue weighted by molar-refractivity contribution is 0.561. The molecule has 0 fully saturated rings. The highest BCUT2D eigenvalue weighted by molar-refractivity contribution is 7.91. The fourth-order valence-corrected chi connectivity index (χ4v) is 4.13. The van der Waals surface area contributed by atoms with Crippen LogP contribution in [0.15, 0.2) is 40.8 Å². The van der Waals surface area contributed by atoms with Crippen LogP contribution < -0.4 is 0 Å². The Bertz CT molecular complexity index is 903. The summed E-state index contributed by atoms with van der Waals surface area (Å²) in [4.78, 5) is 0. The van der Waals surface area contributed by atoms with Crippen molar-refractivity contribution in [3.63, 3.8) is 0 Å². The summed E-state index contributed by atoms with van der Waals surface area (Å²) < 4.78 is 18.9. The number of nitrogens with zero attached hydrogens (tertiary/aromatic N) is 1. The molecule has 0 aliphatic heterocycles. The van der Waals surface area contributed by atoms with E-state index in [-0.39, 0.29) is 4.75 Å². The Kier molecular flexibility index (Phi) is 4.25. The molecule has 3 aromatic rings. The van der Waals surface area contributed by atoms with Crippen LogP contribution >= 0.6 is 11.3 Å². The van der Waals surface area contributed by atoms with E-state index in [9.17, 15) is 4.55 Å². The molecule has 0 saturated heterocycles. The first kappa shape index (κ1) is 16.5. The molecule has 1 atom stereocenters. The Hall–Kier alpha value is -1.36. The summed E-state index contributed by atoms with van der Waals surface area (Å²) in [5.41, 5.74) is 3.13. The molecule has 0 N–H and O–H groups in total. The first-order chi connectivity index (χ1) is 10.8. The minimum absolute atomic E-state index is 0.336. The molecule has 1 aromatic heterocycles. The quantitative estimate of drug-likeness (QED) is 0.438.